The van der Waals surface area contributed by atoms with Gasteiger partial charge in [-0.25, -0.2) is 0 Å². The average molecular weight is 239 g/mol. The van der Waals surface area contributed by atoms with Crippen molar-refractivity contribution in [2.75, 3.05) is 11.1 Å². The SMILES string of the molecule is CC1(C)CCCC1Nc1c(N)cccc1Cl. The predicted octanol–water partition coefficient (Wildman–Crippen LogP) is 3.91. The van der Waals surface area contributed by atoms with Gasteiger partial charge < -0.3 is 11.1 Å². The molecule has 1 saturated carbocycles. The van der Waals surface area contributed by atoms with Crippen LogP contribution in [0.1, 0.15) is 33.1 Å². The maximum Gasteiger partial charge on any atom is 0.0765 e. The molecule has 0 aromatic heterocycles. The van der Waals surface area contributed by atoms with E-state index in [0.717, 1.165) is 11.4 Å². The van der Waals surface area contributed by atoms with E-state index in [9.17, 15) is 0 Å². The molecule has 1 atom stereocenters. The molecule has 1 aromatic carbocycles. The standard InChI is InChI=1S/C13H19ClN2/c1-13(2)8-4-7-11(13)16-12-9(14)5-3-6-10(12)15/h3,5-6,11,16H,4,7-8,15H2,1-2H3. The minimum atomic E-state index is 0.325. The number of para-hydroxylation sites is 1. The average Bonchev–Trinajstić information content (AvgIpc) is 2.52. The highest BCUT2D eigenvalue weighted by atomic mass is 35.5. The van der Waals surface area contributed by atoms with Crippen molar-refractivity contribution in [3.05, 3.63) is 23.2 Å². The molecule has 2 rings (SSSR count). The van der Waals surface area contributed by atoms with Crippen molar-refractivity contribution in [1.82, 2.24) is 0 Å². The Balaban J connectivity index is 2.21. The quantitative estimate of drug-likeness (QED) is 0.767. The number of nitrogens with one attached hydrogen (secondary N) is 1. The number of nitrogen functional groups attached to an aromatic ring is 1. The van der Waals surface area contributed by atoms with E-state index >= 15 is 0 Å². The topological polar surface area (TPSA) is 38.0 Å². The molecular formula is C13H19ClN2. The van der Waals surface area contributed by atoms with Crippen LogP contribution in [-0.2, 0) is 0 Å². The maximum atomic E-state index is 6.16. The summed E-state index contributed by atoms with van der Waals surface area (Å²) < 4.78 is 0. The van der Waals surface area contributed by atoms with E-state index in [2.05, 4.69) is 19.2 Å². The minimum Gasteiger partial charge on any atom is -0.397 e. The fourth-order valence-electron chi connectivity index (χ4n) is 2.46. The second-order valence-corrected chi connectivity index (χ2v) is 5.69. The molecule has 3 heteroatoms. The normalized spacial score (nSPS) is 23.3. The molecule has 0 bridgehead atoms. The second-order valence-electron chi connectivity index (χ2n) is 5.28. The third kappa shape index (κ3) is 2.12. The Kier molecular flexibility index (Phi) is 3.02. The molecule has 0 amide bonds. The molecule has 0 spiro atoms. The summed E-state index contributed by atoms with van der Waals surface area (Å²) in [6.45, 7) is 4.59. The summed E-state index contributed by atoms with van der Waals surface area (Å²) in [5.74, 6) is 0. The molecule has 3 N–H and O–H groups in total. The zero-order valence-corrected chi connectivity index (χ0v) is 10.6. The van der Waals surface area contributed by atoms with Crippen LogP contribution in [0.2, 0.25) is 5.02 Å². The molecule has 16 heavy (non-hydrogen) atoms. The van der Waals surface area contributed by atoms with Gasteiger partial charge in [0.25, 0.3) is 0 Å². The number of anilines is 2. The van der Waals surface area contributed by atoms with E-state index in [0.29, 0.717) is 16.5 Å². The van der Waals surface area contributed by atoms with Crippen molar-refractivity contribution in [2.45, 2.75) is 39.2 Å². The number of benzene rings is 1. The fourth-order valence-corrected chi connectivity index (χ4v) is 2.70. The van der Waals surface area contributed by atoms with E-state index < -0.39 is 0 Å². The second kappa shape index (κ2) is 4.17. The van der Waals surface area contributed by atoms with Gasteiger partial charge in [0.2, 0.25) is 0 Å². The monoisotopic (exact) mass is 238 g/mol. The number of nitrogens with two attached hydrogens (primary N) is 1. The molecule has 2 nitrogen and oxygen atoms in total. The molecule has 1 aliphatic carbocycles. The first-order chi connectivity index (χ1) is 7.50. The maximum absolute atomic E-state index is 6.16. The van der Waals surface area contributed by atoms with Gasteiger partial charge in [-0.1, -0.05) is 37.9 Å². The lowest BCUT2D eigenvalue weighted by molar-refractivity contribution is 0.350. The molecule has 1 aromatic rings. The van der Waals surface area contributed by atoms with Gasteiger partial charge >= 0.3 is 0 Å². The van der Waals surface area contributed by atoms with Gasteiger partial charge in [0.05, 0.1) is 16.4 Å². The Hall–Kier alpha value is -0.890. The van der Waals surface area contributed by atoms with Crippen LogP contribution in [0.5, 0.6) is 0 Å². The van der Waals surface area contributed by atoms with Crippen LogP contribution in [0.25, 0.3) is 0 Å². The Bertz CT molecular complexity index is 367. The van der Waals surface area contributed by atoms with Crippen LogP contribution in [0.3, 0.4) is 0 Å². The largest absolute Gasteiger partial charge is 0.397 e. The molecular weight excluding hydrogens is 220 g/mol. The first kappa shape index (κ1) is 11.6. The van der Waals surface area contributed by atoms with E-state index in [1.165, 1.54) is 19.3 Å². The highest BCUT2D eigenvalue weighted by Gasteiger charge is 2.34. The number of hydrogen-bond donors (Lipinski definition) is 2. The van der Waals surface area contributed by atoms with Gasteiger partial charge in [-0.15, -0.1) is 0 Å². The van der Waals surface area contributed by atoms with Crippen LogP contribution in [0.4, 0.5) is 11.4 Å². The molecule has 1 fully saturated rings. The Morgan fingerprint density at radius 3 is 2.75 bits per heavy atom. The molecule has 1 unspecified atom stereocenters. The van der Waals surface area contributed by atoms with Gasteiger partial charge in [0, 0.05) is 6.04 Å². The van der Waals surface area contributed by atoms with Gasteiger partial charge in [-0.05, 0) is 30.4 Å². The summed E-state index contributed by atoms with van der Waals surface area (Å²) in [4.78, 5) is 0. The van der Waals surface area contributed by atoms with Crippen LogP contribution >= 0.6 is 11.6 Å². The summed E-state index contributed by atoms with van der Waals surface area (Å²) >= 11 is 6.16. The van der Waals surface area contributed by atoms with Crippen molar-refractivity contribution in [3.63, 3.8) is 0 Å². The van der Waals surface area contributed by atoms with E-state index in [4.69, 9.17) is 17.3 Å². The van der Waals surface area contributed by atoms with Crippen molar-refractivity contribution in [1.29, 1.82) is 0 Å². The van der Waals surface area contributed by atoms with Crippen molar-refractivity contribution >= 4 is 23.0 Å². The smallest absolute Gasteiger partial charge is 0.0765 e. The molecule has 88 valence electrons. The lowest BCUT2D eigenvalue weighted by Gasteiger charge is -2.29. The highest BCUT2D eigenvalue weighted by Crippen LogP contribution is 2.41. The van der Waals surface area contributed by atoms with Crippen molar-refractivity contribution in [2.24, 2.45) is 5.41 Å². The predicted molar refractivity (Wildman–Crippen MR) is 70.9 cm³/mol. The Labute approximate surface area is 102 Å². The van der Waals surface area contributed by atoms with E-state index in [1.54, 1.807) is 0 Å². The summed E-state index contributed by atoms with van der Waals surface area (Å²) in [6, 6.07) is 6.11. The number of hydrogen-bond acceptors (Lipinski definition) is 2. The zero-order valence-electron chi connectivity index (χ0n) is 9.89. The van der Waals surface area contributed by atoms with E-state index in [-0.39, 0.29) is 0 Å². The molecule has 0 heterocycles. The lowest BCUT2D eigenvalue weighted by atomic mass is 9.87. The molecule has 0 saturated heterocycles. The van der Waals surface area contributed by atoms with Gasteiger partial charge in [-0.2, -0.15) is 0 Å². The summed E-state index contributed by atoms with van der Waals surface area (Å²) in [6.07, 6.45) is 3.72. The Morgan fingerprint density at radius 2 is 2.19 bits per heavy atom. The van der Waals surface area contributed by atoms with Crippen molar-refractivity contribution < 1.29 is 0 Å². The zero-order chi connectivity index (χ0) is 11.8. The van der Waals surface area contributed by atoms with Crippen LogP contribution in [0, 0.1) is 5.41 Å². The fraction of sp³-hybridized carbons (Fsp3) is 0.538. The van der Waals surface area contributed by atoms with Gasteiger partial charge in [-0.3, -0.25) is 0 Å². The summed E-state index contributed by atoms with van der Waals surface area (Å²) in [5.41, 5.74) is 7.89. The Morgan fingerprint density at radius 1 is 1.44 bits per heavy atom. The number of halogens is 1. The minimum absolute atomic E-state index is 0.325. The van der Waals surface area contributed by atoms with Crippen LogP contribution in [0.15, 0.2) is 18.2 Å². The van der Waals surface area contributed by atoms with Gasteiger partial charge in [0.15, 0.2) is 0 Å². The summed E-state index contributed by atoms with van der Waals surface area (Å²) in [7, 11) is 0. The van der Waals surface area contributed by atoms with Crippen molar-refractivity contribution in [3.8, 4) is 0 Å². The van der Waals surface area contributed by atoms with Gasteiger partial charge in [0.1, 0.15) is 0 Å². The number of rotatable bonds is 2. The molecule has 0 radical (unpaired) electrons. The van der Waals surface area contributed by atoms with Crippen LogP contribution < -0.4 is 11.1 Å². The van der Waals surface area contributed by atoms with Crippen LogP contribution in [-0.4, -0.2) is 6.04 Å². The summed E-state index contributed by atoms with van der Waals surface area (Å²) in [5, 5.41) is 4.22. The lowest BCUT2D eigenvalue weighted by Crippen LogP contribution is -2.31. The molecule has 1 aliphatic rings. The third-order valence-electron chi connectivity index (χ3n) is 3.62. The molecule has 0 aliphatic heterocycles. The first-order valence-electron chi connectivity index (χ1n) is 5.81. The third-order valence-corrected chi connectivity index (χ3v) is 3.94. The highest BCUT2D eigenvalue weighted by molar-refractivity contribution is 6.33. The first-order valence-corrected chi connectivity index (χ1v) is 6.19. The van der Waals surface area contributed by atoms with E-state index in [1.807, 2.05) is 18.2 Å².